The maximum absolute atomic E-state index is 13.8. The maximum Gasteiger partial charge on any atom is 0.174 e. The summed E-state index contributed by atoms with van der Waals surface area (Å²) in [6.07, 6.45) is 0. The Kier molecular flexibility index (Phi) is 5.16. The van der Waals surface area contributed by atoms with Crippen LogP contribution >= 0.6 is 0 Å². The number of carbonyl (C=O) groups excluding carboxylic acids is 1. The molecule has 1 aliphatic heterocycles. The molecule has 29 heavy (non-hydrogen) atoms. The number of benzene rings is 3. The fourth-order valence-electron chi connectivity index (χ4n) is 3.91. The average Bonchev–Trinajstić information content (AvgIpc) is 2.69. The topological polar surface area (TPSA) is 32.3 Å². The molecule has 1 N–H and O–H groups in total. The summed E-state index contributed by atoms with van der Waals surface area (Å²) < 4.78 is 27.2. The smallest absolute Gasteiger partial charge is 0.174 e. The normalized spacial score (nSPS) is 18.4. The summed E-state index contributed by atoms with van der Waals surface area (Å²) in [5, 5.41) is 3.34. The number of ketones is 1. The van der Waals surface area contributed by atoms with Gasteiger partial charge in [-0.1, -0.05) is 36.4 Å². The van der Waals surface area contributed by atoms with Crippen molar-refractivity contribution in [2.24, 2.45) is 0 Å². The van der Waals surface area contributed by atoms with E-state index in [1.54, 1.807) is 12.1 Å². The highest BCUT2D eigenvalue weighted by Crippen LogP contribution is 2.42. The highest BCUT2D eigenvalue weighted by atomic mass is 19.1. The van der Waals surface area contributed by atoms with Gasteiger partial charge in [0.1, 0.15) is 11.6 Å². The second-order valence-corrected chi connectivity index (χ2v) is 7.68. The van der Waals surface area contributed by atoms with Gasteiger partial charge in [0.15, 0.2) is 5.78 Å². The van der Waals surface area contributed by atoms with E-state index in [0.717, 1.165) is 23.2 Å². The summed E-state index contributed by atoms with van der Waals surface area (Å²) in [6.45, 7) is 0.812. The van der Waals surface area contributed by atoms with Gasteiger partial charge in [-0.15, -0.1) is 0 Å². The summed E-state index contributed by atoms with van der Waals surface area (Å²) in [5.41, 5.74) is 3.73. The molecule has 3 nitrogen and oxygen atoms in total. The predicted octanol–water partition coefficient (Wildman–Crippen LogP) is 5.16. The van der Waals surface area contributed by atoms with Crippen LogP contribution in [0.4, 0.5) is 14.5 Å². The number of fused-ring (bicyclic) bond motifs is 1. The maximum atomic E-state index is 13.8. The first-order valence-corrected chi connectivity index (χ1v) is 9.52. The Morgan fingerprint density at radius 2 is 1.48 bits per heavy atom. The molecule has 4 rings (SSSR count). The fourth-order valence-corrected chi connectivity index (χ4v) is 3.91. The lowest BCUT2D eigenvalue weighted by atomic mass is 9.78. The first kappa shape index (κ1) is 19.3. The summed E-state index contributed by atoms with van der Waals surface area (Å²) in [5.74, 6) is -1.39. The molecule has 3 aromatic carbocycles. The van der Waals surface area contributed by atoms with Gasteiger partial charge in [0.05, 0.1) is 12.0 Å². The van der Waals surface area contributed by atoms with Crippen molar-refractivity contribution in [3.8, 4) is 0 Å². The number of halogens is 2. The van der Waals surface area contributed by atoms with E-state index in [1.165, 1.54) is 30.3 Å². The number of nitrogens with zero attached hydrogens (tertiary/aromatic N) is 1. The molecular formula is C24H22F2N2O. The van der Waals surface area contributed by atoms with E-state index in [4.69, 9.17) is 0 Å². The SMILES string of the molecule is CN(C)Cc1ccc(C2Nc3cc(F)ccc3C(=O)C2c2ccc(F)cc2)cc1. The molecule has 3 aromatic rings. The van der Waals surface area contributed by atoms with Crippen LogP contribution in [0.5, 0.6) is 0 Å². The van der Waals surface area contributed by atoms with E-state index < -0.39 is 11.7 Å². The van der Waals surface area contributed by atoms with Crippen molar-refractivity contribution in [1.29, 1.82) is 0 Å². The molecule has 0 bridgehead atoms. The van der Waals surface area contributed by atoms with Crippen LogP contribution in [-0.2, 0) is 6.54 Å². The third-order valence-electron chi connectivity index (χ3n) is 5.24. The number of hydrogen-bond donors (Lipinski definition) is 1. The Labute approximate surface area is 169 Å². The van der Waals surface area contributed by atoms with Crippen molar-refractivity contribution in [3.05, 3.63) is 101 Å². The Balaban J connectivity index is 1.77. The molecule has 5 heteroatoms. The zero-order valence-electron chi connectivity index (χ0n) is 16.3. The van der Waals surface area contributed by atoms with Crippen LogP contribution in [0.3, 0.4) is 0 Å². The van der Waals surface area contributed by atoms with Crippen molar-refractivity contribution in [3.63, 3.8) is 0 Å². The molecule has 2 atom stereocenters. The van der Waals surface area contributed by atoms with E-state index in [0.29, 0.717) is 11.3 Å². The number of anilines is 1. The van der Waals surface area contributed by atoms with Crippen molar-refractivity contribution < 1.29 is 13.6 Å². The monoisotopic (exact) mass is 392 g/mol. The van der Waals surface area contributed by atoms with Gasteiger partial charge in [0, 0.05) is 17.8 Å². The zero-order chi connectivity index (χ0) is 20.5. The molecule has 0 saturated heterocycles. The van der Waals surface area contributed by atoms with Crippen LogP contribution in [-0.4, -0.2) is 24.8 Å². The van der Waals surface area contributed by atoms with Crippen LogP contribution in [0.2, 0.25) is 0 Å². The van der Waals surface area contributed by atoms with Gasteiger partial charge in [-0.3, -0.25) is 4.79 Å². The molecule has 0 spiro atoms. The van der Waals surface area contributed by atoms with Gasteiger partial charge in [0.2, 0.25) is 0 Å². The summed E-state index contributed by atoms with van der Waals surface area (Å²) >= 11 is 0. The molecule has 0 aliphatic carbocycles. The Morgan fingerprint density at radius 1 is 0.862 bits per heavy atom. The first-order chi connectivity index (χ1) is 13.9. The fraction of sp³-hybridized carbons (Fsp3) is 0.208. The Morgan fingerprint density at radius 3 is 2.14 bits per heavy atom. The average molecular weight is 392 g/mol. The van der Waals surface area contributed by atoms with Gasteiger partial charge in [-0.25, -0.2) is 8.78 Å². The lowest BCUT2D eigenvalue weighted by Gasteiger charge is -2.34. The molecule has 1 heterocycles. The van der Waals surface area contributed by atoms with E-state index >= 15 is 0 Å². The molecule has 2 unspecified atom stereocenters. The van der Waals surface area contributed by atoms with Crippen molar-refractivity contribution >= 4 is 11.5 Å². The molecule has 0 radical (unpaired) electrons. The van der Waals surface area contributed by atoms with E-state index in [-0.39, 0.29) is 17.6 Å². The van der Waals surface area contributed by atoms with Gasteiger partial charge in [-0.2, -0.15) is 0 Å². The van der Waals surface area contributed by atoms with E-state index in [1.807, 2.05) is 38.4 Å². The quantitative estimate of drug-likeness (QED) is 0.666. The predicted molar refractivity (Wildman–Crippen MR) is 110 cm³/mol. The van der Waals surface area contributed by atoms with Crippen LogP contribution in [0.25, 0.3) is 0 Å². The Hall–Kier alpha value is -3.05. The second kappa shape index (κ2) is 7.76. The van der Waals surface area contributed by atoms with Crippen LogP contribution in [0, 0.1) is 11.6 Å². The minimum absolute atomic E-state index is 0.104. The van der Waals surface area contributed by atoms with Gasteiger partial charge in [-0.05, 0) is 61.1 Å². The first-order valence-electron chi connectivity index (χ1n) is 9.52. The molecule has 1 aliphatic rings. The van der Waals surface area contributed by atoms with Crippen molar-refractivity contribution in [2.45, 2.75) is 18.5 Å². The third kappa shape index (κ3) is 3.91. The number of Topliss-reactive ketones (excluding diaryl/α,β-unsaturated/α-hetero) is 1. The van der Waals surface area contributed by atoms with Crippen LogP contribution in [0.15, 0.2) is 66.7 Å². The molecule has 0 aromatic heterocycles. The van der Waals surface area contributed by atoms with Gasteiger partial charge < -0.3 is 10.2 Å². The number of rotatable bonds is 4. The standard InChI is InChI=1S/C24H22F2N2O/c1-28(2)14-15-3-5-17(6-4-15)23-22(16-7-9-18(25)10-8-16)24(29)20-12-11-19(26)13-21(20)27-23/h3-13,22-23,27H,14H2,1-2H3. The molecular weight excluding hydrogens is 370 g/mol. The highest BCUT2D eigenvalue weighted by molar-refractivity contribution is 6.07. The number of carbonyl (C=O) groups is 1. The summed E-state index contributed by atoms with van der Waals surface area (Å²) in [7, 11) is 4.01. The number of nitrogens with one attached hydrogen (secondary N) is 1. The van der Waals surface area contributed by atoms with Crippen molar-refractivity contribution in [1.82, 2.24) is 4.90 Å². The number of hydrogen-bond acceptors (Lipinski definition) is 3. The second-order valence-electron chi connectivity index (χ2n) is 7.68. The minimum atomic E-state index is -0.534. The highest BCUT2D eigenvalue weighted by Gasteiger charge is 2.37. The van der Waals surface area contributed by atoms with E-state index in [9.17, 15) is 13.6 Å². The van der Waals surface area contributed by atoms with Crippen molar-refractivity contribution in [2.75, 3.05) is 19.4 Å². The van der Waals surface area contributed by atoms with Gasteiger partial charge in [0.25, 0.3) is 0 Å². The molecule has 0 fully saturated rings. The molecule has 148 valence electrons. The minimum Gasteiger partial charge on any atom is -0.376 e. The third-order valence-corrected chi connectivity index (χ3v) is 5.24. The van der Waals surface area contributed by atoms with E-state index in [2.05, 4.69) is 10.2 Å². The largest absolute Gasteiger partial charge is 0.376 e. The molecule has 0 saturated carbocycles. The lowest BCUT2D eigenvalue weighted by molar-refractivity contribution is 0.0945. The summed E-state index contributed by atoms with van der Waals surface area (Å²) in [4.78, 5) is 15.4. The van der Waals surface area contributed by atoms with Crippen LogP contribution < -0.4 is 5.32 Å². The molecule has 0 amide bonds. The summed E-state index contributed by atoms with van der Waals surface area (Å²) in [6, 6.07) is 17.8. The Bertz CT molecular complexity index is 1030. The van der Waals surface area contributed by atoms with Crippen LogP contribution in [0.1, 0.15) is 39.0 Å². The lowest BCUT2D eigenvalue weighted by Crippen LogP contribution is -2.32. The zero-order valence-corrected chi connectivity index (χ0v) is 16.3. The van der Waals surface area contributed by atoms with Gasteiger partial charge >= 0.3 is 0 Å².